The summed E-state index contributed by atoms with van der Waals surface area (Å²) >= 11 is 0. The summed E-state index contributed by atoms with van der Waals surface area (Å²) in [6.07, 6.45) is 17.5. The molecule has 1 atom stereocenters. The molecule has 0 aromatic carbocycles. The van der Waals surface area contributed by atoms with Gasteiger partial charge in [-0.05, 0) is 44.4 Å². The van der Waals surface area contributed by atoms with Crippen molar-refractivity contribution in [3.8, 4) is 11.8 Å². The number of allylic oxidation sites excluding steroid dienone is 3. The SMILES string of the molecule is C=CC.CC.CC#CCC(C/C=C/C(C)C)CC1CCCCC1.CO. The molecule has 1 N–H and O–H groups in total. The zero-order valence-corrected chi connectivity index (χ0v) is 18.3. The van der Waals surface area contributed by atoms with E-state index in [-0.39, 0.29) is 0 Å². The van der Waals surface area contributed by atoms with Crippen molar-refractivity contribution in [1.29, 1.82) is 0 Å². The molecule has 1 nitrogen and oxygen atoms in total. The highest BCUT2D eigenvalue weighted by molar-refractivity contribution is 4.98. The van der Waals surface area contributed by atoms with Crippen LogP contribution in [0, 0.1) is 29.6 Å². The molecule has 0 aromatic heterocycles. The van der Waals surface area contributed by atoms with E-state index >= 15 is 0 Å². The van der Waals surface area contributed by atoms with Gasteiger partial charge in [0.1, 0.15) is 0 Å². The number of aliphatic hydroxyl groups is 1. The average molecular weight is 351 g/mol. The first kappa shape index (κ1) is 28.8. The molecule has 0 saturated heterocycles. The van der Waals surface area contributed by atoms with E-state index in [1.54, 1.807) is 6.08 Å². The lowest BCUT2D eigenvalue weighted by Crippen LogP contribution is -2.12. The minimum Gasteiger partial charge on any atom is -0.400 e. The van der Waals surface area contributed by atoms with E-state index in [9.17, 15) is 0 Å². The van der Waals surface area contributed by atoms with Gasteiger partial charge in [0, 0.05) is 13.5 Å². The fourth-order valence-corrected chi connectivity index (χ4v) is 2.95. The number of hydrogen-bond acceptors (Lipinski definition) is 1. The molecule has 148 valence electrons. The van der Waals surface area contributed by atoms with Crippen LogP contribution in [0.4, 0.5) is 0 Å². The second kappa shape index (κ2) is 25.2. The molecule has 1 aliphatic rings. The molecule has 1 aliphatic carbocycles. The summed E-state index contributed by atoms with van der Waals surface area (Å²) in [5, 5.41) is 7.00. The normalized spacial score (nSPS) is 14.6. The summed E-state index contributed by atoms with van der Waals surface area (Å²) in [6.45, 7) is 15.7. The van der Waals surface area contributed by atoms with Gasteiger partial charge in [-0.15, -0.1) is 18.4 Å². The molecular weight excluding hydrogens is 304 g/mol. The van der Waals surface area contributed by atoms with Crippen molar-refractivity contribution in [2.24, 2.45) is 17.8 Å². The molecule has 0 amide bonds. The van der Waals surface area contributed by atoms with Crippen molar-refractivity contribution in [2.45, 2.75) is 92.9 Å². The Balaban J connectivity index is -0.000000605. The lowest BCUT2D eigenvalue weighted by molar-refractivity contribution is 0.289. The summed E-state index contributed by atoms with van der Waals surface area (Å²) in [5.74, 6) is 8.80. The maximum absolute atomic E-state index is 7.00. The minimum atomic E-state index is 0.678. The van der Waals surface area contributed by atoms with E-state index in [2.05, 4.69) is 44.4 Å². The van der Waals surface area contributed by atoms with Gasteiger partial charge in [-0.1, -0.05) is 78.0 Å². The van der Waals surface area contributed by atoms with Gasteiger partial charge >= 0.3 is 0 Å². The lowest BCUT2D eigenvalue weighted by Gasteiger charge is -2.25. The van der Waals surface area contributed by atoms with E-state index in [1.807, 2.05) is 27.7 Å². The molecule has 1 rings (SSSR count). The first-order valence-electron chi connectivity index (χ1n) is 10.2. The van der Waals surface area contributed by atoms with Gasteiger partial charge in [0.25, 0.3) is 0 Å². The molecule has 0 aromatic rings. The number of aliphatic hydroxyl groups excluding tert-OH is 1. The maximum Gasteiger partial charge on any atom is 0.0319 e. The third-order valence-corrected chi connectivity index (χ3v) is 3.95. The summed E-state index contributed by atoms with van der Waals surface area (Å²) in [6, 6.07) is 0. The molecule has 0 radical (unpaired) electrons. The zero-order valence-electron chi connectivity index (χ0n) is 18.3. The Hall–Kier alpha value is -1.00. The smallest absolute Gasteiger partial charge is 0.0319 e. The van der Waals surface area contributed by atoms with Crippen LogP contribution >= 0.6 is 0 Å². The van der Waals surface area contributed by atoms with Crippen LogP contribution in [-0.2, 0) is 0 Å². The quantitative estimate of drug-likeness (QED) is 0.390. The topological polar surface area (TPSA) is 20.2 Å². The monoisotopic (exact) mass is 350 g/mol. The van der Waals surface area contributed by atoms with Crippen molar-refractivity contribution in [3.05, 3.63) is 24.8 Å². The highest BCUT2D eigenvalue weighted by atomic mass is 16.2. The summed E-state index contributed by atoms with van der Waals surface area (Å²) in [5.41, 5.74) is 0. The standard InChI is InChI=1S/C18H30.C3H6.C2H6.CH4O/c1-4-5-11-17(14-9-10-16(2)3)15-18-12-7-6-8-13-18;1-3-2;2*1-2/h9-10,16-18H,6-8,11-15H2,1-3H3;3H,1H2,2H3;1-2H3;2H,1H3/b10-9+;;;. The van der Waals surface area contributed by atoms with Crippen molar-refractivity contribution < 1.29 is 5.11 Å². The lowest BCUT2D eigenvalue weighted by atomic mass is 9.81. The van der Waals surface area contributed by atoms with Gasteiger partial charge in [0.15, 0.2) is 0 Å². The highest BCUT2D eigenvalue weighted by Gasteiger charge is 2.17. The second-order valence-electron chi connectivity index (χ2n) is 6.55. The third kappa shape index (κ3) is 23.0. The van der Waals surface area contributed by atoms with E-state index in [0.29, 0.717) is 5.92 Å². The maximum atomic E-state index is 7.00. The minimum absolute atomic E-state index is 0.678. The first-order chi connectivity index (χ1) is 12.1. The Morgan fingerprint density at radius 2 is 1.64 bits per heavy atom. The fourth-order valence-electron chi connectivity index (χ4n) is 2.95. The molecule has 1 saturated carbocycles. The molecular formula is C24H46O. The Morgan fingerprint density at radius 3 is 2.08 bits per heavy atom. The van der Waals surface area contributed by atoms with E-state index in [1.165, 1.54) is 44.9 Å². The van der Waals surface area contributed by atoms with Crippen LogP contribution in [0.3, 0.4) is 0 Å². The Labute approximate surface area is 160 Å². The van der Waals surface area contributed by atoms with Crippen LogP contribution < -0.4 is 0 Å². The summed E-state index contributed by atoms with van der Waals surface area (Å²) < 4.78 is 0. The van der Waals surface area contributed by atoms with Crippen molar-refractivity contribution in [3.63, 3.8) is 0 Å². The average Bonchev–Trinajstić information content (AvgIpc) is 2.64. The Kier molecular flexibility index (Phi) is 29.1. The van der Waals surface area contributed by atoms with Gasteiger partial charge in [0.05, 0.1) is 0 Å². The van der Waals surface area contributed by atoms with Crippen LogP contribution in [-0.4, -0.2) is 12.2 Å². The molecule has 1 heteroatoms. The number of hydrogen-bond donors (Lipinski definition) is 1. The first-order valence-corrected chi connectivity index (χ1v) is 10.2. The molecule has 25 heavy (non-hydrogen) atoms. The number of rotatable bonds is 6. The fraction of sp³-hybridized carbons (Fsp3) is 0.750. The third-order valence-electron chi connectivity index (χ3n) is 3.95. The largest absolute Gasteiger partial charge is 0.400 e. The zero-order chi connectivity index (χ0) is 19.9. The van der Waals surface area contributed by atoms with Gasteiger partial charge < -0.3 is 5.11 Å². The van der Waals surface area contributed by atoms with E-state index in [4.69, 9.17) is 5.11 Å². The molecule has 1 fully saturated rings. The second-order valence-corrected chi connectivity index (χ2v) is 6.55. The Morgan fingerprint density at radius 1 is 1.12 bits per heavy atom. The van der Waals surface area contributed by atoms with Crippen LogP contribution in [0.15, 0.2) is 24.8 Å². The van der Waals surface area contributed by atoms with Crippen molar-refractivity contribution >= 4 is 0 Å². The predicted molar refractivity (Wildman–Crippen MR) is 117 cm³/mol. The summed E-state index contributed by atoms with van der Waals surface area (Å²) in [7, 11) is 1.00. The highest BCUT2D eigenvalue weighted by Crippen LogP contribution is 2.31. The van der Waals surface area contributed by atoms with Crippen LogP contribution in [0.2, 0.25) is 0 Å². The van der Waals surface area contributed by atoms with Crippen LogP contribution in [0.1, 0.15) is 92.9 Å². The van der Waals surface area contributed by atoms with Crippen LogP contribution in [0.25, 0.3) is 0 Å². The summed E-state index contributed by atoms with van der Waals surface area (Å²) in [4.78, 5) is 0. The van der Waals surface area contributed by atoms with Crippen LogP contribution in [0.5, 0.6) is 0 Å². The molecule has 0 aliphatic heterocycles. The predicted octanol–water partition coefficient (Wildman–Crippen LogP) is 7.42. The van der Waals surface area contributed by atoms with Crippen molar-refractivity contribution in [2.75, 3.05) is 7.11 Å². The van der Waals surface area contributed by atoms with E-state index in [0.717, 1.165) is 25.4 Å². The molecule has 1 unspecified atom stereocenters. The van der Waals surface area contributed by atoms with Gasteiger partial charge in [-0.2, -0.15) is 0 Å². The molecule has 0 spiro atoms. The van der Waals surface area contributed by atoms with Gasteiger partial charge in [-0.3, -0.25) is 0 Å². The van der Waals surface area contributed by atoms with Crippen molar-refractivity contribution in [1.82, 2.24) is 0 Å². The molecule has 0 heterocycles. The van der Waals surface area contributed by atoms with E-state index < -0.39 is 0 Å². The Bertz CT molecular complexity index is 324. The van der Waals surface area contributed by atoms with Gasteiger partial charge in [0.2, 0.25) is 0 Å². The molecule has 0 bridgehead atoms. The van der Waals surface area contributed by atoms with Gasteiger partial charge in [-0.25, -0.2) is 0 Å².